The summed E-state index contributed by atoms with van der Waals surface area (Å²) in [6.07, 6.45) is -1.67. The van der Waals surface area contributed by atoms with Crippen LogP contribution in [0.25, 0.3) is 0 Å². The van der Waals surface area contributed by atoms with Crippen LogP contribution in [0, 0.1) is 5.82 Å². The van der Waals surface area contributed by atoms with Gasteiger partial charge in [-0.1, -0.05) is 23.7 Å². The van der Waals surface area contributed by atoms with E-state index in [-0.39, 0.29) is 22.1 Å². The Balaban J connectivity index is 1.99. The van der Waals surface area contributed by atoms with Crippen molar-refractivity contribution in [3.8, 4) is 11.5 Å². The third-order valence-electron chi connectivity index (χ3n) is 2.88. The number of ketones is 1. The zero-order valence-electron chi connectivity index (χ0n) is 9.49. The van der Waals surface area contributed by atoms with Gasteiger partial charge in [0.15, 0.2) is 6.17 Å². The zero-order valence-corrected chi connectivity index (χ0v) is 10.2. The van der Waals surface area contributed by atoms with E-state index in [1.54, 1.807) is 6.07 Å². The predicted octanol–water partition coefficient (Wildman–Crippen LogP) is 4.48. The minimum absolute atomic E-state index is 0.157. The standard InChI is InChI=1S/C14H7ClF2O2/c15-7-4-8(16)6-9(5-7)19-11-3-1-2-10-12(11)13(17)14(10)18/h1-6,13H. The predicted molar refractivity (Wildman–Crippen MR) is 66.1 cm³/mol. The molecule has 1 unspecified atom stereocenters. The van der Waals surface area contributed by atoms with E-state index in [0.717, 1.165) is 12.1 Å². The quantitative estimate of drug-likeness (QED) is 0.811. The van der Waals surface area contributed by atoms with Crippen molar-refractivity contribution in [1.82, 2.24) is 0 Å². The first kappa shape index (κ1) is 12.1. The topological polar surface area (TPSA) is 26.3 Å². The Morgan fingerprint density at radius 1 is 1.21 bits per heavy atom. The van der Waals surface area contributed by atoms with Crippen molar-refractivity contribution in [3.05, 3.63) is 58.4 Å². The van der Waals surface area contributed by atoms with Gasteiger partial charge in [0.2, 0.25) is 5.78 Å². The number of carbonyl (C=O) groups is 1. The van der Waals surface area contributed by atoms with Crippen LogP contribution in [0.2, 0.25) is 5.02 Å². The number of fused-ring (bicyclic) bond motifs is 1. The van der Waals surface area contributed by atoms with Gasteiger partial charge < -0.3 is 4.74 Å². The highest BCUT2D eigenvalue weighted by Gasteiger charge is 2.39. The Kier molecular flexibility index (Phi) is 2.75. The lowest BCUT2D eigenvalue weighted by atomic mass is 9.84. The highest BCUT2D eigenvalue weighted by atomic mass is 35.5. The lowest BCUT2D eigenvalue weighted by molar-refractivity contribution is 0.0824. The first-order chi connectivity index (χ1) is 9.06. The van der Waals surface area contributed by atoms with Gasteiger partial charge in [-0.05, 0) is 18.2 Å². The van der Waals surface area contributed by atoms with Gasteiger partial charge in [0.25, 0.3) is 0 Å². The van der Waals surface area contributed by atoms with Crippen molar-refractivity contribution in [3.63, 3.8) is 0 Å². The molecule has 96 valence electrons. The second-order valence-corrected chi connectivity index (χ2v) is 4.59. The van der Waals surface area contributed by atoms with Gasteiger partial charge >= 0.3 is 0 Å². The molecule has 5 heteroatoms. The fourth-order valence-corrected chi connectivity index (χ4v) is 2.23. The van der Waals surface area contributed by atoms with Crippen molar-refractivity contribution >= 4 is 17.4 Å². The van der Waals surface area contributed by atoms with Gasteiger partial charge in [-0.3, -0.25) is 4.79 Å². The maximum Gasteiger partial charge on any atom is 0.202 e. The third-order valence-corrected chi connectivity index (χ3v) is 3.10. The molecule has 1 aliphatic rings. The molecule has 1 aliphatic carbocycles. The number of alkyl halides is 1. The SMILES string of the molecule is O=C1c2cccc(Oc3cc(F)cc(Cl)c3)c2C1F. The molecule has 0 heterocycles. The van der Waals surface area contributed by atoms with E-state index >= 15 is 0 Å². The van der Waals surface area contributed by atoms with E-state index in [0.29, 0.717) is 5.56 Å². The minimum Gasteiger partial charge on any atom is -0.457 e. The molecule has 0 aliphatic heterocycles. The van der Waals surface area contributed by atoms with Gasteiger partial charge in [-0.15, -0.1) is 0 Å². The molecule has 0 bridgehead atoms. The number of halogens is 3. The molecule has 0 radical (unpaired) electrons. The first-order valence-electron chi connectivity index (χ1n) is 5.51. The number of rotatable bonds is 2. The fraction of sp³-hybridized carbons (Fsp3) is 0.0714. The number of benzene rings is 2. The molecular weight excluding hydrogens is 274 g/mol. The molecule has 3 rings (SSSR count). The number of Topliss-reactive ketones (excluding diaryl/α,β-unsaturated/α-hetero) is 1. The van der Waals surface area contributed by atoms with Gasteiger partial charge in [-0.25, -0.2) is 8.78 Å². The van der Waals surface area contributed by atoms with Crippen LogP contribution >= 0.6 is 11.6 Å². The Morgan fingerprint density at radius 2 is 2.00 bits per heavy atom. The summed E-state index contributed by atoms with van der Waals surface area (Å²) in [7, 11) is 0. The zero-order chi connectivity index (χ0) is 13.6. The summed E-state index contributed by atoms with van der Waals surface area (Å²) in [4.78, 5) is 11.3. The lowest BCUT2D eigenvalue weighted by Gasteiger charge is -2.24. The summed E-state index contributed by atoms with van der Waals surface area (Å²) in [6, 6.07) is 8.32. The molecule has 0 fully saturated rings. The minimum atomic E-state index is -1.67. The maximum absolute atomic E-state index is 13.5. The van der Waals surface area contributed by atoms with Crippen molar-refractivity contribution < 1.29 is 18.3 Å². The summed E-state index contributed by atoms with van der Waals surface area (Å²) >= 11 is 5.71. The van der Waals surface area contributed by atoms with E-state index in [9.17, 15) is 13.6 Å². The van der Waals surface area contributed by atoms with Crippen molar-refractivity contribution in [1.29, 1.82) is 0 Å². The largest absolute Gasteiger partial charge is 0.457 e. The normalized spacial score (nSPS) is 16.8. The maximum atomic E-state index is 13.5. The van der Waals surface area contributed by atoms with E-state index < -0.39 is 17.8 Å². The molecule has 0 amide bonds. The van der Waals surface area contributed by atoms with Crippen LogP contribution in [0.1, 0.15) is 22.1 Å². The summed E-state index contributed by atoms with van der Waals surface area (Å²) in [6.45, 7) is 0. The van der Waals surface area contributed by atoms with Crippen LogP contribution in [0.15, 0.2) is 36.4 Å². The first-order valence-corrected chi connectivity index (χ1v) is 5.89. The fourth-order valence-electron chi connectivity index (χ4n) is 2.01. The van der Waals surface area contributed by atoms with Crippen LogP contribution in [-0.2, 0) is 0 Å². The second-order valence-electron chi connectivity index (χ2n) is 4.15. The van der Waals surface area contributed by atoms with Gasteiger partial charge in [0, 0.05) is 22.2 Å². The molecular formula is C14H7ClF2O2. The van der Waals surface area contributed by atoms with Gasteiger partial charge in [0.1, 0.15) is 17.3 Å². The average molecular weight is 281 g/mol. The summed E-state index contributed by atoms with van der Waals surface area (Å²) < 4.78 is 32.1. The van der Waals surface area contributed by atoms with Crippen LogP contribution < -0.4 is 4.74 Å². The van der Waals surface area contributed by atoms with E-state index in [1.165, 1.54) is 18.2 Å². The Labute approximate surface area is 112 Å². The Morgan fingerprint density at radius 3 is 2.74 bits per heavy atom. The number of hydrogen-bond acceptors (Lipinski definition) is 2. The Bertz CT molecular complexity index is 665. The summed E-state index contributed by atoms with van der Waals surface area (Å²) in [5.74, 6) is -0.751. The molecule has 0 saturated carbocycles. The van der Waals surface area contributed by atoms with Crippen LogP contribution in [0.3, 0.4) is 0 Å². The van der Waals surface area contributed by atoms with Crippen LogP contribution in [-0.4, -0.2) is 5.78 Å². The molecule has 19 heavy (non-hydrogen) atoms. The average Bonchev–Trinajstić information content (AvgIpc) is 2.36. The molecule has 0 aromatic heterocycles. The molecule has 1 atom stereocenters. The highest BCUT2D eigenvalue weighted by Crippen LogP contribution is 2.43. The Hall–Kier alpha value is -1.94. The van der Waals surface area contributed by atoms with E-state index in [1.807, 2.05) is 0 Å². The second kappa shape index (κ2) is 4.31. The van der Waals surface area contributed by atoms with Gasteiger partial charge in [0.05, 0.1) is 0 Å². The van der Waals surface area contributed by atoms with Crippen molar-refractivity contribution in [2.24, 2.45) is 0 Å². The number of ether oxygens (including phenoxy) is 1. The lowest BCUT2D eigenvalue weighted by Crippen LogP contribution is -2.23. The van der Waals surface area contributed by atoms with E-state index in [2.05, 4.69) is 0 Å². The summed E-state index contributed by atoms with van der Waals surface area (Å²) in [5, 5.41) is 0.178. The highest BCUT2D eigenvalue weighted by molar-refractivity contribution is 6.30. The smallest absolute Gasteiger partial charge is 0.202 e. The molecule has 0 saturated heterocycles. The monoisotopic (exact) mass is 280 g/mol. The van der Waals surface area contributed by atoms with Crippen LogP contribution in [0.5, 0.6) is 11.5 Å². The number of carbonyl (C=O) groups excluding carboxylic acids is 1. The number of hydrogen-bond donors (Lipinski definition) is 0. The van der Waals surface area contributed by atoms with E-state index in [4.69, 9.17) is 16.3 Å². The van der Waals surface area contributed by atoms with Crippen molar-refractivity contribution in [2.75, 3.05) is 0 Å². The van der Waals surface area contributed by atoms with Gasteiger partial charge in [-0.2, -0.15) is 0 Å². The van der Waals surface area contributed by atoms with Crippen LogP contribution in [0.4, 0.5) is 8.78 Å². The third kappa shape index (κ3) is 1.98. The van der Waals surface area contributed by atoms with Crippen molar-refractivity contribution in [2.45, 2.75) is 6.17 Å². The molecule has 0 spiro atoms. The summed E-state index contributed by atoms with van der Waals surface area (Å²) in [5.41, 5.74) is 0.500. The molecule has 2 aromatic carbocycles. The molecule has 0 N–H and O–H groups in total. The molecule has 2 aromatic rings. The molecule has 2 nitrogen and oxygen atoms in total.